The molecule has 7 heteroatoms. The van der Waals surface area contributed by atoms with Crippen LogP contribution in [0.2, 0.25) is 0 Å². The third-order valence-electron chi connectivity index (χ3n) is 8.51. The predicted molar refractivity (Wildman–Crippen MR) is 86.5 cm³/mol. The second kappa shape index (κ2) is 3.80. The van der Waals surface area contributed by atoms with E-state index in [2.05, 4.69) is 0 Å². The lowest BCUT2D eigenvalue weighted by molar-refractivity contribution is -0.146. The van der Waals surface area contributed by atoms with E-state index in [-0.39, 0.29) is 48.8 Å². The van der Waals surface area contributed by atoms with Gasteiger partial charge in [-0.25, -0.2) is 0 Å². The zero-order chi connectivity index (χ0) is 18.7. The predicted octanol–water partition coefficient (Wildman–Crippen LogP) is 0.490. The molecule has 8 atom stereocenters. The van der Waals surface area contributed by atoms with Gasteiger partial charge < -0.3 is 18.9 Å². The molecule has 0 aromatic heterocycles. The highest BCUT2D eigenvalue weighted by Crippen LogP contribution is 2.81. The molecule has 0 amide bonds. The first kappa shape index (κ1) is 15.4. The Balaban J connectivity index is 1.44. The molecule has 6 fully saturated rings. The van der Waals surface area contributed by atoms with Crippen molar-refractivity contribution in [2.75, 3.05) is 6.61 Å². The molecular formula is C20H20O7. The smallest absolute Gasteiger partial charge is 0.321 e. The van der Waals surface area contributed by atoms with Gasteiger partial charge in [0.15, 0.2) is 17.0 Å². The fourth-order valence-electron chi connectivity index (χ4n) is 7.18. The van der Waals surface area contributed by atoms with Crippen molar-refractivity contribution in [3.63, 3.8) is 0 Å². The van der Waals surface area contributed by atoms with Crippen molar-refractivity contribution in [1.82, 2.24) is 0 Å². The molecule has 0 aromatic carbocycles. The largest absolute Gasteiger partial charge is 0.460 e. The quantitative estimate of drug-likeness (QED) is 0.286. The standard InChI is InChI=1S/C20H20O7/c1-7(2)18-13(26-18)14-20(27-14)17(3)5-10(21)12-8(6-24-15(12)22)9(17)4-11-19(20,25-11)16(18)23/h7,11-14H,4-6H2,1-3H3/t11-,12?,13-,14-,17-,18-,19+,20+/m0/s1. The van der Waals surface area contributed by atoms with Crippen LogP contribution in [0.25, 0.3) is 0 Å². The van der Waals surface area contributed by atoms with E-state index in [0.29, 0.717) is 6.42 Å². The SMILES string of the molecule is CC(C)[C@]12O[C@H]1[C@@H]1O[C@@]13[C@@]1(C)CC(=O)C4C(=O)OCC4=C1C[C@@H]1O[C@@]13C2=O. The number of epoxide rings is 3. The number of rotatable bonds is 1. The third-order valence-corrected chi connectivity index (χ3v) is 8.51. The van der Waals surface area contributed by atoms with Gasteiger partial charge in [0.1, 0.15) is 36.4 Å². The van der Waals surface area contributed by atoms with Crippen LogP contribution in [0.4, 0.5) is 0 Å². The Morgan fingerprint density at radius 3 is 2.59 bits per heavy atom. The highest BCUT2D eigenvalue weighted by molar-refractivity contribution is 6.08. The van der Waals surface area contributed by atoms with Crippen LogP contribution in [-0.4, -0.2) is 59.3 Å². The molecule has 4 heterocycles. The van der Waals surface area contributed by atoms with Crippen LogP contribution in [0.15, 0.2) is 11.1 Å². The van der Waals surface area contributed by atoms with Gasteiger partial charge in [0.25, 0.3) is 0 Å². The van der Waals surface area contributed by atoms with Crippen molar-refractivity contribution in [1.29, 1.82) is 0 Å². The van der Waals surface area contributed by atoms with Gasteiger partial charge in [-0.2, -0.15) is 0 Å². The Kier molecular flexibility index (Phi) is 2.16. The maximum absolute atomic E-state index is 13.6. The minimum Gasteiger partial charge on any atom is -0.460 e. The van der Waals surface area contributed by atoms with Crippen molar-refractivity contribution in [3.8, 4) is 0 Å². The highest BCUT2D eigenvalue weighted by Gasteiger charge is 3.00. The van der Waals surface area contributed by atoms with E-state index >= 15 is 0 Å². The summed E-state index contributed by atoms with van der Waals surface area (Å²) in [6.45, 7) is 6.15. The average molecular weight is 372 g/mol. The Morgan fingerprint density at radius 2 is 1.85 bits per heavy atom. The fourth-order valence-corrected chi connectivity index (χ4v) is 7.18. The maximum atomic E-state index is 13.6. The Morgan fingerprint density at radius 1 is 1.07 bits per heavy atom. The summed E-state index contributed by atoms with van der Waals surface area (Å²) in [6, 6.07) is 0. The Labute approximate surface area is 155 Å². The minimum atomic E-state index is -1.01. The van der Waals surface area contributed by atoms with E-state index in [4.69, 9.17) is 18.9 Å². The summed E-state index contributed by atoms with van der Waals surface area (Å²) in [7, 11) is 0. The number of esters is 1. The molecule has 3 aliphatic carbocycles. The molecule has 4 aliphatic heterocycles. The minimum absolute atomic E-state index is 0.00709. The van der Waals surface area contributed by atoms with Crippen LogP contribution in [-0.2, 0) is 33.3 Å². The van der Waals surface area contributed by atoms with E-state index in [1.54, 1.807) is 0 Å². The summed E-state index contributed by atoms with van der Waals surface area (Å²) in [6.07, 6.45) is -0.0544. The average Bonchev–Trinajstić information content (AvgIpc) is 3.48. The molecule has 0 aromatic rings. The van der Waals surface area contributed by atoms with Crippen LogP contribution in [0.3, 0.4) is 0 Å². The van der Waals surface area contributed by atoms with E-state index in [1.807, 2.05) is 20.8 Å². The van der Waals surface area contributed by atoms with Crippen molar-refractivity contribution < 1.29 is 33.3 Å². The summed E-state index contributed by atoms with van der Waals surface area (Å²) >= 11 is 0. The van der Waals surface area contributed by atoms with Crippen LogP contribution < -0.4 is 0 Å². The summed E-state index contributed by atoms with van der Waals surface area (Å²) < 4.78 is 23.7. The summed E-state index contributed by atoms with van der Waals surface area (Å²) in [5.41, 5.74) is -1.53. The Hall–Kier alpha value is -1.57. The summed E-state index contributed by atoms with van der Waals surface area (Å²) in [5.74, 6) is -1.33. The monoisotopic (exact) mass is 372 g/mol. The zero-order valence-corrected chi connectivity index (χ0v) is 15.4. The molecule has 7 nitrogen and oxygen atoms in total. The van der Waals surface area contributed by atoms with Crippen LogP contribution in [0.1, 0.15) is 33.6 Å². The molecule has 7 aliphatic rings. The number of ketones is 2. The second-order valence-corrected chi connectivity index (χ2v) is 9.66. The first-order chi connectivity index (χ1) is 12.8. The van der Waals surface area contributed by atoms with Gasteiger partial charge in [-0.15, -0.1) is 0 Å². The molecule has 27 heavy (non-hydrogen) atoms. The normalized spacial score (nSPS) is 58.6. The summed E-state index contributed by atoms with van der Waals surface area (Å²) in [4.78, 5) is 38.6. The lowest BCUT2D eigenvalue weighted by atomic mass is 9.49. The van der Waals surface area contributed by atoms with E-state index in [1.165, 1.54) is 0 Å². The lowest BCUT2D eigenvalue weighted by Gasteiger charge is -2.48. The van der Waals surface area contributed by atoms with Gasteiger partial charge >= 0.3 is 5.97 Å². The molecule has 7 rings (SSSR count). The molecule has 1 unspecified atom stereocenters. The highest BCUT2D eigenvalue weighted by atomic mass is 16.7. The lowest BCUT2D eigenvalue weighted by Crippen LogP contribution is -2.66. The molecule has 2 spiro atoms. The number of carbonyl (C=O) groups is 3. The first-order valence-corrected chi connectivity index (χ1v) is 9.76. The van der Waals surface area contributed by atoms with Gasteiger partial charge in [-0.05, 0) is 17.9 Å². The third kappa shape index (κ3) is 1.19. The molecule has 0 radical (unpaired) electrons. The number of hydrogen-bond acceptors (Lipinski definition) is 7. The van der Waals surface area contributed by atoms with Crippen LogP contribution in [0, 0.1) is 17.3 Å². The molecule has 0 bridgehead atoms. The fraction of sp³-hybridized carbons (Fsp3) is 0.750. The van der Waals surface area contributed by atoms with Gasteiger partial charge in [0, 0.05) is 11.8 Å². The number of fused-ring (bicyclic) bond motifs is 4. The van der Waals surface area contributed by atoms with Gasteiger partial charge in [0.2, 0.25) is 5.78 Å². The Bertz CT molecular complexity index is 935. The number of ether oxygens (including phenoxy) is 4. The zero-order valence-electron chi connectivity index (χ0n) is 15.4. The number of carbonyl (C=O) groups excluding carboxylic acids is 3. The van der Waals surface area contributed by atoms with Gasteiger partial charge in [-0.3, -0.25) is 14.4 Å². The van der Waals surface area contributed by atoms with E-state index in [0.717, 1.165) is 11.1 Å². The first-order valence-electron chi connectivity index (χ1n) is 9.76. The van der Waals surface area contributed by atoms with E-state index < -0.39 is 34.1 Å². The molecule has 2 saturated carbocycles. The molecule has 0 N–H and O–H groups in total. The van der Waals surface area contributed by atoms with Crippen molar-refractivity contribution >= 4 is 17.5 Å². The van der Waals surface area contributed by atoms with Gasteiger partial charge in [-0.1, -0.05) is 26.3 Å². The van der Waals surface area contributed by atoms with E-state index in [9.17, 15) is 14.4 Å². The molecule has 4 saturated heterocycles. The maximum Gasteiger partial charge on any atom is 0.321 e. The molecule has 142 valence electrons. The van der Waals surface area contributed by atoms with Gasteiger partial charge in [0.05, 0.1) is 0 Å². The van der Waals surface area contributed by atoms with Crippen molar-refractivity contribution in [3.05, 3.63) is 11.1 Å². The molecular weight excluding hydrogens is 352 g/mol. The number of cyclic esters (lactones) is 1. The van der Waals surface area contributed by atoms with Crippen molar-refractivity contribution in [2.24, 2.45) is 17.3 Å². The number of Topliss-reactive ketones (excluding diaryl/α,β-unsaturated/α-hetero) is 2. The summed E-state index contributed by atoms with van der Waals surface area (Å²) in [5, 5.41) is 0. The van der Waals surface area contributed by atoms with Crippen molar-refractivity contribution in [2.45, 2.75) is 68.7 Å². The van der Waals surface area contributed by atoms with Crippen LogP contribution in [0.5, 0.6) is 0 Å². The second-order valence-electron chi connectivity index (χ2n) is 9.66. The number of hydrogen-bond donors (Lipinski definition) is 0. The van der Waals surface area contributed by atoms with Crippen LogP contribution >= 0.6 is 0 Å². The topological polar surface area (TPSA) is 98.0 Å².